The van der Waals surface area contributed by atoms with Gasteiger partial charge in [-0.05, 0) is 11.8 Å². The van der Waals surface area contributed by atoms with Crippen LogP contribution in [0.15, 0.2) is 30.3 Å². The molecule has 0 spiro atoms. The summed E-state index contributed by atoms with van der Waals surface area (Å²) < 4.78 is 37.8. The highest BCUT2D eigenvalue weighted by Crippen LogP contribution is 2.37. The van der Waals surface area contributed by atoms with Gasteiger partial charge in [0, 0.05) is 0 Å². The topological polar surface area (TPSA) is 17.1 Å². The summed E-state index contributed by atoms with van der Waals surface area (Å²) in [7, 11) is 0. The molecule has 0 aliphatic rings. The highest BCUT2D eigenvalue weighted by Gasteiger charge is 2.45. The minimum Gasteiger partial charge on any atom is -0.286 e. The van der Waals surface area contributed by atoms with Crippen LogP contribution in [0.1, 0.15) is 11.5 Å². The monoisotopic (exact) mass is 234 g/mol. The molecule has 0 heterocycles. The molecule has 1 nitrogen and oxygen atoms in total. The zero-order chi connectivity index (χ0) is 11.5. The second-order valence-corrected chi connectivity index (χ2v) is 3.72. The molecule has 1 aromatic rings. The van der Waals surface area contributed by atoms with Gasteiger partial charge in [0.05, 0.1) is 0 Å². The maximum Gasteiger partial charge on any atom is 0.403 e. The molecule has 0 aliphatic heterocycles. The van der Waals surface area contributed by atoms with Gasteiger partial charge in [0.25, 0.3) is 0 Å². The number of halogens is 3. The number of benzene rings is 1. The van der Waals surface area contributed by atoms with Crippen LogP contribution < -0.4 is 0 Å². The molecule has 1 atom stereocenters. The zero-order valence-corrected chi connectivity index (χ0v) is 8.73. The van der Waals surface area contributed by atoms with Crippen molar-refractivity contribution in [2.45, 2.75) is 12.1 Å². The summed E-state index contributed by atoms with van der Waals surface area (Å²) in [5.74, 6) is -2.02. The van der Waals surface area contributed by atoms with Gasteiger partial charge in [0.2, 0.25) is 5.12 Å². The molecular formula is C10H9F3OS. The van der Waals surface area contributed by atoms with Crippen molar-refractivity contribution in [1.29, 1.82) is 0 Å². The van der Waals surface area contributed by atoms with E-state index in [4.69, 9.17) is 0 Å². The third kappa shape index (κ3) is 2.99. The largest absolute Gasteiger partial charge is 0.403 e. The molecule has 15 heavy (non-hydrogen) atoms. The van der Waals surface area contributed by atoms with Crippen molar-refractivity contribution in [3.63, 3.8) is 0 Å². The molecule has 0 saturated heterocycles. The number of hydrogen-bond acceptors (Lipinski definition) is 2. The van der Waals surface area contributed by atoms with Gasteiger partial charge in [-0.3, -0.25) is 4.79 Å². The normalized spacial score (nSPS) is 13.6. The first kappa shape index (κ1) is 12.1. The highest BCUT2D eigenvalue weighted by molar-refractivity contribution is 8.13. The van der Waals surface area contributed by atoms with Crippen LogP contribution in [-0.4, -0.2) is 17.5 Å². The van der Waals surface area contributed by atoms with Crippen molar-refractivity contribution in [3.05, 3.63) is 35.9 Å². The van der Waals surface area contributed by atoms with E-state index in [0.29, 0.717) is 11.8 Å². The first-order valence-electron chi connectivity index (χ1n) is 4.16. The Balaban J connectivity index is 3.08. The fourth-order valence-corrected chi connectivity index (χ4v) is 1.73. The fraction of sp³-hybridized carbons (Fsp3) is 0.300. The van der Waals surface area contributed by atoms with Gasteiger partial charge < -0.3 is 0 Å². The van der Waals surface area contributed by atoms with Crippen LogP contribution in [0.5, 0.6) is 0 Å². The highest BCUT2D eigenvalue weighted by atomic mass is 32.2. The maximum atomic E-state index is 12.6. The minimum atomic E-state index is -4.53. The van der Waals surface area contributed by atoms with Gasteiger partial charge in [-0.25, -0.2) is 0 Å². The Morgan fingerprint density at radius 2 is 1.80 bits per heavy atom. The SMILES string of the molecule is CSC(=O)[C@H](c1ccccc1)C(F)(F)F. The second-order valence-electron chi connectivity index (χ2n) is 2.91. The first-order valence-corrected chi connectivity index (χ1v) is 5.38. The Bertz CT molecular complexity index is 334. The average molecular weight is 234 g/mol. The molecule has 0 amide bonds. The molecule has 0 unspecified atom stereocenters. The molecule has 0 aromatic heterocycles. The van der Waals surface area contributed by atoms with Gasteiger partial charge in [-0.2, -0.15) is 13.2 Å². The smallest absolute Gasteiger partial charge is 0.286 e. The van der Waals surface area contributed by atoms with Crippen molar-refractivity contribution in [1.82, 2.24) is 0 Å². The zero-order valence-electron chi connectivity index (χ0n) is 7.91. The van der Waals surface area contributed by atoms with Gasteiger partial charge >= 0.3 is 6.18 Å². The summed E-state index contributed by atoms with van der Waals surface area (Å²) in [6.07, 6.45) is -3.18. The van der Waals surface area contributed by atoms with E-state index in [1.165, 1.54) is 30.5 Å². The number of rotatable bonds is 2. The molecule has 82 valence electrons. The minimum absolute atomic E-state index is 0.00986. The average Bonchev–Trinajstić information content (AvgIpc) is 2.17. The lowest BCUT2D eigenvalue weighted by Crippen LogP contribution is -2.26. The molecular weight excluding hydrogens is 225 g/mol. The number of thioether (sulfide) groups is 1. The fourth-order valence-electron chi connectivity index (χ4n) is 1.22. The van der Waals surface area contributed by atoms with Crippen LogP contribution in [0.3, 0.4) is 0 Å². The summed E-state index contributed by atoms with van der Waals surface area (Å²) in [4.78, 5) is 11.2. The number of alkyl halides is 3. The van der Waals surface area contributed by atoms with Crippen LogP contribution in [0, 0.1) is 0 Å². The van der Waals surface area contributed by atoms with Gasteiger partial charge in [-0.1, -0.05) is 42.1 Å². The maximum absolute atomic E-state index is 12.6. The Hall–Kier alpha value is -0.970. The Morgan fingerprint density at radius 3 is 2.20 bits per heavy atom. The van der Waals surface area contributed by atoms with Crippen LogP contribution in [0.25, 0.3) is 0 Å². The summed E-state index contributed by atoms with van der Waals surface area (Å²) >= 11 is 0.596. The van der Waals surface area contributed by atoms with Crippen LogP contribution in [0.2, 0.25) is 0 Å². The van der Waals surface area contributed by atoms with Gasteiger partial charge in [0.15, 0.2) is 0 Å². The van der Waals surface area contributed by atoms with Crippen LogP contribution in [-0.2, 0) is 4.79 Å². The van der Waals surface area contributed by atoms with E-state index < -0.39 is 17.2 Å². The van der Waals surface area contributed by atoms with Gasteiger partial charge in [0.1, 0.15) is 5.92 Å². The van der Waals surface area contributed by atoms with Crippen molar-refractivity contribution in [3.8, 4) is 0 Å². The number of carbonyl (C=O) groups excluding carboxylic acids is 1. The summed E-state index contributed by atoms with van der Waals surface area (Å²) in [6, 6.07) is 7.21. The Kier molecular flexibility index (Phi) is 3.79. The molecule has 1 aromatic carbocycles. The summed E-state index contributed by atoms with van der Waals surface area (Å²) in [5.41, 5.74) is -0.00986. The van der Waals surface area contributed by atoms with Crippen LogP contribution in [0.4, 0.5) is 13.2 Å². The van der Waals surface area contributed by atoms with Crippen LogP contribution >= 0.6 is 11.8 Å². The summed E-state index contributed by atoms with van der Waals surface area (Å²) in [5, 5.41) is -0.881. The predicted molar refractivity (Wildman–Crippen MR) is 53.8 cm³/mol. The van der Waals surface area contributed by atoms with Crippen molar-refractivity contribution >= 4 is 16.9 Å². The summed E-state index contributed by atoms with van der Waals surface area (Å²) in [6.45, 7) is 0. The predicted octanol–water partition coefficient (Wildman–Crippen LogP) is 3.22. The lowest BCUT2D eigenvalue weighted by molar-refractivity contribution is -0.158. The second kappa shape index (κ2) is 4.70. The van der Waals surface area contributed by atoms with Gasteiger partial charge in [-0.15, -0.1) is 0 Å². The molecule has 0 saturated carbocycles. The van der Waals surface area contributed by atoms with E-state index in [0.717, 1.165) is 0 Å². The lowest BCUT2D eigenvalue weighted by Gasteiger charge is -2.18. The molecule has 5 heteroatoms. The first-order chi connectivity index (χ1) is 6.96. The van der Waals surface area contributed by atoms with E-state index in [1.54, 1.807) is 6.07 Å². The number of carbonyl (C=O) groups is 1. The standard InChI is InChI=1S/C10H9F3OS/c1-15-9(14)8(10(11,12)13)7-5-3-2-4-6-7/h2-6,8H,1H3/t8-/m0/s1. The van der Waals surface area contributed by atoms with Crippen molar-refractivity contribution in [2.75, 3.05) is 6.26 Å². The molecule has 0 N–H and O–H groups in total. The third-order valence-electron chi connectivity index (χ3n) is 1.90. The van der Waals surface area contributed by atoms with Crippen molar-refractivity contribution < 1.29 is 18.0 Å². The lowest BCUT2D eigenvalue weighted by atomic mass is 10.0. The molecule has 0 radical (unpaired) electrons. The van der Waals surface area contributed by atoms with E-state index in [9.17, 15) is 18.0 Å². The van der Waals surface area contributed by atoms with E-state index in [-0.39, 0.29) is 5.56 Å². The van der Waals surface area contributed by atoms with E-state index in [2.05, 4.69) is 0 Å². The quantitative estimate of drug-likeness (QED) is 0.781. The van der Waals surface area contributed by atoms with E-state index in [1.807, 2.05) is 0 Å². The number of hydrogen-bond donors (Lipinski definition) is 0. The molecule has 0 fully saturated rings. The Labute approximate surface area is 89.7 Å². The Morgan fingerprint density at radius 1 is 1.27 bits per heavy atom. The van der Waals surface area contributed by atoms with E-state index >= 15 is 0 Å². The van der Waals surface area contributed by atoms with Crippen molar-refractivity contribution in [2.24, 2.45) is 0 Å². The molecule has 0 bridgehead atoms. The molecule has 1 rings (SSSR count). The third-order valence-corrected chi connectivity index (χ3v) is 2.54. The molecule has 0 aliphatic carbocycles.